The van der Waals surface area contributed by atoms with E-state index in [1.54, 1.807) is 16.7 Å². The van der Waals surface area contributed by atoms with Crippen molar-refractivity contribution >= 4 is 51.0 Å². The summed E-state index contributed by atoms with van der Waals surface area (Å²) in [5.74, 6) is -0.170. The van der Waals surface area contributed by atoms with Gasteiger partial charge in [-0.1, -0.05) is 42.3 Å². The number of hydrogen-bond acceptors (Lipinski definition) is 5. The molecule has 0 spiro atoms. The molecular weight excluding hydrogens is 466 g/mol. The van der Waals surface area contributed by atoms with Crippen molar-refractivity contribution in [3.63, 3.8) is 0 Å². The van der Waals surface area contributed by atoms with Crippen molar-refractivity contribution in [2.45, 2.75) is 20.3 Å². The standard InChI is InChI=1S/C18H14Cl2FNO.C5H5N5/c1-3-12-8-11-5-7-15(21)17(20)16(11)18(23)22(12)13-6-4-10(2)14(19)9-13;6-4-3-5(9-1-7-3)10-2-8-4/h4-9H,3H2,1-2H3;1-2H,(H3,6,7,8,9,10). The second kappa shape index (κ2) is 9.17. The zero-order valence-corrected chi connectivity index (χ0v) is 19.2. The third kappa shape index (κ3) is 4.27. The summed E-state index contributed by atoms with van der Waals surface area (Å²) in [6.45, 7) is 3.85. The summed E-state index contributed by atoms with van der Waals surface area (Å²) in [4.78, 5) is 27.3. The van der Waals surface area contributed by atoms with E-state index < -0.39 is 5.82 Å². The fraction of sp³-hybridized carbons (Fsp3) is 0.130. The number of anilines is 1. The number of pyridine rings is 1. The van der Waals surface area contributed by atoms with Crippen molar-refractivity contribution in [3.8, 4) is 5.69 Å². The van der Waals surface area contributed by atoms with Crippen LogP contribution in [0.1, 0.15) is 18.2 Å². The second-order valence-electron chi connectivity index (χ2n) is 7.25. The summed E-state index contributed by atoms with van der Waals surface area (Å²) in [5, 5.41) is 1.23. The van der Waals surface area contributed by atoms with E-state index >= 15 is 0 Å². The molecule has 0 bridgehead atoms. The lowest BCUT2D eigenvalue weighted by molar-refractivity contribution is 0.630. The molecule has 168 valence electrons. The zero-order valence-electron chi connectivity index (χ0n) is 17.7. The van der Waals surface area contributed by atoms with Gasteiger partial charge in [0.05, 0.1) is 22.4 Å². The molecule has 7 nitrogen and oxygen atoms in total. The highest BCUT2D eigenvalue weighted by molar-refractivity contribution is 6.35. The van der Waals surface area contributed by atoms with Crippen molar-refractivity contribution in [1.82, 2.24) is 24.5 Å². The number of nitrogen functional groups attached to an aromatic ring is 1. The molecule has 0 aliphatic rings. The molecular formula is C23H19Cl2FN6O. The molecule has 0 saturated heterocycles. The fourth-order valence-electron chi connectivity index (χ4n) is 3.44. The van der Waals surface area contributed by atoms with E-state index in [0.717, 1.165) is 11.3 Å². The Hall–Kier alpha value is -3.49. The van der Waals surface area contributed by atoms with E-state index in [4.69, 9.17) is 28.9 Å². The number of benzene rings is 2. The van der Waals surface area contributed by atoms with Crippen LogP contribution in [-0.4, -0.2) is 24.5 Å². The quantitative estimate of drug-likeness (QED) is 0.356. The molecule has 5 rings (SSSR count). The van der Waals surface area contributed by atoms with Crippen LogP contribution in [0.3, 0.4) is 0 Å². The molecule has 0 saturated carbocycles. The van der Waals surface area contributed by atoms with Gasteiger partial charge in [0.15, 0.2) is 11.5 Å². The average Bonchev–Trinajstić information content (AvgIpc) is 3.29. The van der Waals surface area contributed by atoms with Crippen LogP contribution in [0.15, 0.2) is 53.8 Å². The van der Waals surface area contributed by atoms with Gasteiger partial charge in [-0.2, -0.15) is 0 Å². The molecule has 0 atom stereocenters. The van der Waals surface area contributed by atoms with E-state index in [0.29, 0.717) is 39.5 Å². The number of aromatic nitrogens is 5. The van der Waals surface area contributed by atoms with E-state index in [2.05, 4.69) is 19.9 Å². The number of rotatable bonds is 2. The Bertz CT molecular complexity index is 1550. The highest BCUT2D eigenvalue weighted by Gasteiger charge is 2.15. The molecule has 33 heavy (non-hydrogen) atoms. The van der Waals surface area contributed by atoms with Gasteiger partial charge in [0.2, 0.25) is 0 Å². The molecule has 0 radical (unpaired) electrons. The Morgan fingerprint density at radius 3 is 2.61 bits per heavy atom. The number of nitrogens with two attached hydrogens (primary N) is 1. The van der Waals surface area contributed by atoms with Gasteiger partial charge >= 0.3 is 0 Å². The Labute approximate surface area is 198 Å². The van der Waals surface area contributed by atoms with Gasteiger partial charge in [-0.15, -0.1) is 0 Å². The van der Waals surface area contributed by atoms with E-state index in [1.807, 2.05) is 32.0 Å². The topological polar surface area (TPSA) is 102 Å². The van der Waals surface area contributed by atoms with Crippen molar-refractivity contribution in [1.29, 1.82) is 0 Å². The second-order valence-corrected chi connectivity index (χ2v) is 8.03. The first-order valence-corrected chi connectivity index (χ1v) is 10.8. The lowest BCUT2D eigenvalue weighted by Crippen LogP contribution is -2.22. The number of H-pyrrole nitrogens is 1. The first-order chi connectivity index (χ1) is 15.8. The molecule has 0 amide bonds. The smallest absolute Gasteiger partial charge is 0.264 e. The van der Waals surface area contributed by atoms with Gasteiger partial charge in [-0.05, 0) is 48.6 Å². The van der Waals surface area contributed by atoms with Crippen LogP contribution in [0, 0.1) is 12.7 Å². The number of nitrogens with zero attached hydrogens (tertiary/aromatic N) is 4. The SMILES string of the molecule is CCc1cc2ccc(F)c(Cl)c2c(=O)n1-c1ccc(C)c(Cl)c1.Nc1ncnc2nc[nH]c12. The highest BCUT2D eigenvalue weighted by Crippen LogP contribution is 2.26. The number of fused-ring (bicyclic) bond motifs is 2. The summed E-state index contributed by atoms with van der Waals surface area (Å²) >= 11 is 12.2. The summed E-state index contributed by atoms with van der Waals surface area (Å²) in [7, 11) is 0. The van der Waals surface area contributed by atoms with E-state index in [9.17, 15) is 9.18 Å². The van der Waals surface area contributed by atoms with Crippen LogP contribution in [0.25, 0.3) is 27.6 Å². The highest BCUT2D eigenvalue weighted by atomic mass is 35.5. The average molecular weight is 485 g/mol. The summed E-state index contributed by atoms with van der Waals surface area (Å²) in [6, 6.07) is 10.1. The maximum Gasteiger partial charge on any atom is 0.264 e. The number of aromatic amines is 1. The van der Waals surface area contributed by atoms with Crippen LogP contribution in [0.5, 0.6) is 0 Å². The van der Waals surface area contributed by atoms with Gasteiger partial charge in [0.25, 0.3) is 5.56 Å². The molecule has 0 aliphatic heterocycles. The monoisotopic (exact) mass is 484 g/mol. The summed E-state index contributed by atoms with van der Waals surface area (Å²) < 4.78 is 15.3. The van der Waals surface area contributed by atoms with Crippen molar-refractivity contribution in [3.05, 3.63) is 86.5 Å². The minimum atomic E-state index is -0.603. The first kappa shape index (κ1) is 22.7. The Balaban J connectivity index is 0.000000214. The maximum atomic E-state index is 13.8. The summed E-state index contributed by atoms with van der Waals surface area (Å²) in [6.07, 6.45) is 3.57. The van der Waals surface area contributed by atoms with E-state index in [1.165, 1.54) is 18.7 Å². The molecule has 2 aromatic carbocycles. The van der Waals surface area contributed by atoms with Crippen LogP contribution in [-0.2, 0) is 6.42 Å². The zero-order chi connectivity index (χ0) is 23.7. The van der Waals surface area contributed by atoms with Gasteiger partial charge in [-0.25, -0.2) is 19.3 Å². The molecule has 10 heteroatoms. The van der Waals surface area contributed by atoms with Gasteiger partial charge in [-0.3, -0.25) is 9.36 Å². The van der Waals surface area contributed by atoms with Crippen LogP contribution in [0.2, 0.25) is 10.0 Å². The molecule has 0 fully saturated rings. The van der Waals surface area contributed by atoms with Gasteiger partial charge in [0, 0.05) is 10.7 Å². The lowest BCUT2D eigenvalue weighted by atomic mass is 10.1. The molecule has 0 aliphatic carbocycles. The van der Waals surface area contributed by atoms with Crippen molar-refractivity contribution in [2.75, 3.05) is 5.73 Å². The number of hydrogen-bond donors (Lipinski definition) is 2. The maximum absolute atomic E-state index is 13.8. The molecule has 3 N–H and O–H groups in total. The molecule has 3 heterocycles. The Morgan fingerprint density at radius 1 is 1.12 bits per heavy atom. The lowest BCUT2D eigenvalue weighted by Gasteiger charge is -2.15. The van der Waals surface area contributed by atoms with Crippen molar-refractivity contribution < 1.29 is 4.39 Å². The van der Waals surface area contributed by atoms with Crippen LogP contribution in [0.4, 0.5) is 10.2 Å². The number of halogens is 3. The number of aryl methyl sites for hydroxylation is 2. The van der Waals surface area contributed by atoms with Gasteiger partial charge < -0.3 is 10.7 Å². The number of imidazole rings is 1. The largest absolute Gasteiger partial charge is 0.382 e. The molecule has 5 aromatic rings. The fourth-order valence-corrected chi connectivity index (χ4v) is 3.87. The third-order valence-corrected chi connectivity index (χ3v) is 5.96. The van der Waals surface area contributed by atoms with Crippen LogP contribution < -0.4 is 11.3 Å². The number of nitrogens with one attached hydrogen (secondary N) is 1. The van der Waals surface area contributed by atoms with Crippen LogP contribution >= 0.6 is 23.2 Å². The first-order valence-electron chi connectivity index (χ1n) is 10.0. The Kier molecular flexibility index (Phi) is 6.31. The van der Waals surface area contributed by atoms with Crippen molar-refractivity contribution in [2.24, 2.45) is 0 Å². The van der Waals surface area contributed by atoms with Gasteiger partial charge in [0.1, 0.15) is 17.7 Å². The minimum absolute atomic E-state index is 0.151. The summed E-state index contributed by atoms with van der Waals surface area (Å²) in [5.41, 5.74) is 8.81. The molecule has 3 aromatic heterocycles. The minimum Gasteiger partial charge on any atom is -0.382 e. The molecule has 0 unspecified atom stereocenters. The predicted molar refractivity (Wildman–Crippen MR) is 130 cm³/mol. The predicted octanol–water partition coefficient (Wildman–Crippen LogP) is 5.24. The Morgan fingerprint density at radius 2 is 1.91 bits per heavy atom. The normalized spacial score (nSPS) is 10.9. The van der Waals surface area contributed by atoms with E-state index in [-0.39, 0.29) is 16.0 Å². The third-order valence-electron chi connectivity index (χ3n) is 5.18.